The van der Waals surface area contributed by atoms with Gasteiger partial charge in [-0.25, -0.2) is 0 Å². The Bertz CT molecular complexity index is 513. The Labute approximate surface area is 109 Å². The number of nitrogens with zero attached hydrogens (tertiary/aromatic N) is 1. The average Bonchev–Trinajstić information content (AvgIpc) is 2.33. The van der Waals surface area contributed by atoms with E-state index in [0.717, 1.165) is 0 Å². The second-order valence-corrected chi connectivity index (χ2v) is 4.01. The summed E-state index contributed by atoms with van der Waals surface area (Å²) in [5, 5.41) is 21.6. The molecule has 0 heterocycles. The summed E-state index contributed by atoms with van der Waals surface area (Å²) in [5.74, 6) is -1.29. The van der Waals surface area contributed by atoms with Crippen molar-refractivity contribution in [2.75, 3.05) is 6.54 Å². The van der Waals surface area contributed by atoms with Crippen LogP contribution < -0.4 is 5.32 Å². The Hall–Kier alpha value is -2.44. The number of aryl methyl sites for hydroxylation is 1. The summed E-state index contributed by atoms with van der Waals surface area (Å²) in [4.78, 5) is 32.1. The zero-order chi connectivity index (χ0) is 14.4. The molecule has 0 radical (unpaired) electrons. The summed E-state index contributed by atoms with van der Waals surface area (Å²) >= 11 is 0. The molecule has 0 aliphatic carbocycles. The van der Waals surface area contributed by atoms with E-state index in [1.807, 2.05) is 0 Å². The van der Waals surface area contributed by atoms with Crippen molar-refractivity contribution in [3.63, 3.8) is 0 Å². The SMILES string of the molecule is Cc1cc(C(=O)NCCCC(=O)O)ccc1[N+](=O)[O-]. The molecule has 0 saturated heterocycles. The van der Waals surface area contributed by atoms with E-state index in [-0.39, 0.29) is 24.6 Å². The molecule has 0 spiro atoms. The fourth-order valence-electron chi connectivity index (χ4n) is 1.55. The number of rotatable bonds is 6. The van der Waals surface area contributed by atoms with Gasteiger partial charge in [0, 0.05) is 30.2 Å². The highest BCUT2D eigenvalue weighted by atomic mass is 16.6. The van der Waals surface area contributed by atoms with Gasteiger partial charge in [0.2, 0.25) is 0 Å². The van der Waals surface area contributed by atoms with Crippen LogP contribution in [-0.2, 0) is 4.79 Å². The molecular formula is C12H14N2O5. The molecule has 0 aliphatic rings. The Kier molecular flexibility index (Phi) is 4.99. The number of nitrogens with one attached hydrogen (secondary N) is 1. The first-order valence-corrected chi connectivity index (χ1v) is 5.67. The highest BCUT2D eigenvalue weighted by molar-refractivity contribution is 5.94. The first kappa shape index (κ1) is 14.6. The van der Waals surface area contributed by atoms with Crippen molar-refractivity contribution in [3.8, 4) is 0 Å². The lowest BCUT2D eigenvalue weighted by atomic mass is 10.1. The van der Waals surface area contributed by atoms with E-state index < -0.39 is 10.9 Å². The van der Waals surface area contributed by atoms with Gasteiger partial charge in [0.1, 0.15) is 0 Å². The third-order valence-corrected chi connectivity index (χ3v) is 2.51. The van der Waals surface area contributed by atoms with Crippen molar-refractivity contribution in [2.24, 2.45) is 0 Å². The summed E-state index contributed by atoms with van der Waals surface area (Å²) in [6, 6.07) is 4.09. The van der Waals surface area contributed by atoms with Crippen molar-refractivity contribution >= 4 is 17.6 Å². The Morgan fingerprint density at radius 2 is 2.11 bits per heavy atom. The molecule has 102 valence electrons. The van der Waals surface area contributed by atoms with Gasteiger partial charge in [-0.1, -0.05) is 0 Å². The molecule has 0 atom stereocenters. The minimum Gasteiger partial charge on any atom is -0.481 e. The van der Waals surface area contributed by atoms with Crippen molar-refractivity contribution < 1.29 is 19.6 Å². The fraction of sp³-hybridized carbons (Fsp3) is 0.333. The van der Waals surface area contributed by atoms with Crippen LogP contribution in [0.1, 0.15) is 28.8 Å². The maximum Gasteiger partial charge on any atom is 0.303 e. The molecule has 1 aromatic rings. The van der Waals surface area contributed by atoms with E-state index in [1.54, 1.807) is 6.92 Å². The van der Waals surface area contributed by atoms with Crippen LogP contribution >= 0.6 is 0 Å². The summed E-state index contributed by atoms with van der Waals surface area (Å²) < 4.78 is 0. The lowest BCUT2D eigenvalue weighted by Gasteiger charge is -2.05. The van der Waals surface area contributed by atoms with E-state index in [1.165, 1.54) is 18.2 Å². The zero-order valence-corrected chi connectivity index (χ0v) is 10.4. The number of nitro groups is 1. The Balaban J connectivity index is 2.60. The van der Waals surface area contributed by atoms with Gasteiger partial charge in [-0.2, -0.15) is 0 Å². The van der Waals surface area contributed by atoms with Gasteiger partial charge < -0.3 is 10.4 Å². The summed E-state index contributed by atoms with van der Waals surface area (Å²) in [6.07, 6.45) is 0.326. The molecule has 0 unspecified atom stereocenters. The van der Waals surface area contributed by atoms with Crippen molar-refractivity contribution in [2.45, 2.75) is 19.8 Å². The van der Waals surface area contributed by atoms with Crippen LogP contribution in [0.5, 0.6) is 0 Å². The number of hydrogen-bond acceptors (Lipinski definition) is 4. The van der Waals surface area contributed by atoms with E-state index >= 15 is 0 Å². The number of carbonyl (C=O) groups excluding carboxylic acids is 1. The largest absolute Gasteiger partial charge is 0.481 e. The average molecular weight is 266 g/mol. The van der Waals surface area contributed by atoms with Crippen LogP contribution in [-0.4, -0.2) is 28.5 Å². The van der Waals surface area contributed by atoms with E-state index in [2.05, 4.69) is 5.32 Å². The van der Waals surface area contributed by atoms with Crippen LogP contribution in [0.15, 0.2) is 18.2 Å². The molecule has 0 aliphatic heterocycles. The lowest BCUT2D eigenvalue weighted by molar-refractivity contribution is -0.385. The van der Waals surface area contributed by atoms with Gasteiger partial charge in [-0.3, -0.25) is 19.7 Å². The lowest BCUT2D eigenvalue weighted by Crippen LogP contribution is -2.25. The van der Waals surface area contributed by atoms with Gasteiger partial charge in [0.15, 0.2) is 0 Å². The van der Waals surface area contributed by atoms with E-state index in [0.29, 0.717) is 17.5 Å². The van der Waals surface area contributed by atoms with Crippen molar-refractivity contribution in [1.29, 1.82) is 0 Å². The first-order valence-electron chi connectivity index (χ1n) is 5.67. The highest BCUT2D eigenvalue weighted by Crippen LogP contribution is 2.18. The van der Waals surface area contributed by atoms with Gasteiger partial charge in [-0.15, -0.1) is 0 Å². The van der Waals surface area contributed by atoms with Gasteiger partial charge in [-0.05, 0) is 25.5 Å². The number of hydrogen-bond donors (Lipinski definition) is 2. The van der Waals surface area contributed by atoms with Crippen LogP contribution in [0.4, 0.5) is 5.69 Å². The number of carboxylic acids is 1. The summed E-state index contributed by atoms with van der Waals surface area (Å²) in [5.41, 5.74) is 0.684. The topological polar surface area (TPSA) is 110 Å². The molecule has 1 amide bonds. The minimum absolute atomic E-state index is 0.0143. The third kappa shape index (κ3) is 4.38. The second kappa shape index (κ2) is 6.48. The molecular weight excluding hydrogens is 252 g/mol. The Morgan fingerprint density at radius 1 is 1.42 bits per heavy atom. The number of nitro benzene ring substituents is 1. The molecule has 7 nitrogen and oxygen atoms in total. The van der Waals surface area contributed by atoms with E-state index in [9.17, 15) is 19.7 Å². The number of amides is 1. The zero-order valence-electron chi connectivity index (χ0n) is 10.4. The van der Waals surface area contributed by atoms with Crippen molar-refractivity contribution in [3.05, 3.63) is 39.4 Å². The predicted molar refractivity (Wildman–Crippen MR) is 67.0 cm³/mol. The summed E-state index contributed by atoms with van der Waals surface area (Å²) in [7, 11) is 0. The van der Waals surface area contributed by atoms with Crippen molar-refractivity contribution in [1.82, 2.24) is 5.32 Å². The summed E-state index contributed by atoms with van der Waals surface area (Å²) in [6.45, 7) is 1.81. The molecule has 0 fully saturated rings. The Morgan fingerprint density at radius 3 is 2.63 bits per heavy atom. The first-order chi connectivity index (χ1) is 8.91. The maximum absolute atomic E-state index is 11.7. The smallest absolute Gasteiger partial charge is 0.303 e. The monoisotopic (exact) mass is 266 g/mol. The van der Waals surface area contributed by atoms with Crippen LogP contribution in [0.3, 0.4) is 0 Å². The molecule has 1 rings (SSSR count). The number of benzene rings is 1. The van der Waals surface area contributed by atoms with Crippen LogP contribution in [0, 0.1) is 17.0 Å². The quantitative estimate of drug-likeness (QED) is 0.460. The standard InChI is InChI=1S/C12H14N2O5/c1-8-7-9(4-5-10(8)14(18)19)12(17)13-6-2-3-11(15)16/h4-5,7H,2-3,6H2,1H3,(H,13,17)(H,15,16). The van der Waals surface area contributed by atoms with Crippen LogP contribution in [0.25, 0.3) is 0 Å². The molecule has 0 saturated carbocycles. The molecule has 0 aromatic heterocycles. The number of carbonyl (C=O) groups is 2. The number of aliphatic carboxylic acids is 1. The fourth-order valence-corrected chi connectivity index (χ4v) is 1.55. The molecule has 19 heavy (non-hydrogen) atoms. The normalized spacial score (nSPS) is 9.95. The van der Waals surface area contributed by atoms with Gasteiger partial charge in [0.05, 0.1) is 4.92 Å². The van der Waals surface area contributed by atoms with Gasteiger partial charge in [0.25, 0.3) is 11.6 Å². The van der Waals surface area contributed by atoms with Crippen LogP contribution in [0.2, 0.25) is 0 Å². The molecule has 2 N–H and O–H groups in total. The number of carboxylic acid groups (broad SMARTS) is 1. The van der Waals surface area contributed by atoms with Gasteiger partial charge >= 0.3 is 5.97 Å². The minimum atomic E-state index is -0.916. The molecule has 1 aromatic carbocycles. The highest BCUT2D eigenvalue weighted by Gasteiger charge is 2.13. The maximum atomic E-state index is 11.7. The van der Waals surface area contributed by atoms with E-state index in [4.69, 9.17) is 5.11 Å². The predicted octanol–water partition coefficient (Wildman–Crippen LogP) is 1.50. The second-order valence-electron chi connectivity index (χ2n) is 4.01. The molecule has 7 heteroatoms. The molecule has 0 bridgehead atoms. The third-order valence-electron chi connectivity index (χ3n) is 2.51.